The minimum atomic E-state index is -3.83. The largest absolute Gasteiger partial charge is 0.348 e. The highest BCUT2D eigenvalue weighted by Gasteiger charge is 2.34. The highest BCUT2D eigenvalue weighted by atomic mass is 32.2. The van der Waals surface area contributed by atoms with Gasteiger partial charge in [0.1, 0.15) is 0 Å². The van der Waals surface area contributed by atoms with Crippen molar-refractivity contribution in [3.8, 4) is 11.8 Å². The second kappa shape index (κ2) is 7.60. The molecule has 1 fully saturated rings. The zero-order valence-electron chi connectivity index (χ0n) is 16.7. The molecule has 3 aromatic carbocycles. The van der Waals surface area contributed by atoms with Crippen LogP contribution in [0.2, 0.25) is 0 Å². The van der Waals surface area contributed by atoms with Crippen LogP contribution in [-0.4, -0.2) is 14.3 Å². The Morgan fingerprint density at radius 1 is 0.903 bits per heavy atom. The molecule has 0 atom stereocenters. The van der Waals surface area contributed by atoms with Gasteiger partial charge in [0.15, 0.2) is 0 Å². The van der Waals surface area contributed by atoms with Gasteiger partial charge in [-0.25, -0.2) is 8.42 Å². The Morgan fingerprint density at radius 3 is 2.42 bits per heavy atom. The third kappa shape index (κ3) is 3.92. The molecule has 154 valence electrons. The molecule has 1 aliphatic heterocycles. The van der Waals surface area contributed by atoms with Crippen LogP contribution in [0.3, 0.4) is 0 Å². The van der Waals surface area contributed by atoms with Crippen LogP contribution in [0, 0.1) is 11.8 Å². The van der Waals surface area contributed by atoms with Gasteiger partial charge in [-0.05, 0) is 60.7 Å². The number of rotatable bonds is 4. The number of amides is 1. The van der Waals surface area contributed by atoms with Gasteiger partial charge in [0.2, 0.25) is 0 Å². The number of fused-ring (bicyclic) bond motifs is 1. The van der Waals surface area contributed by atoms with Crippen molar-refractivity contribution in [2.24, 2.45) is 0 Å². The first-order valence-corrected chi connectivity index (χ1v) is 11.6. The minimum Gasteiger partial charge on any atom is -0.348 e. The molecule has 0 bridgehead atoms. The van der Waals surface area contributed by atoms with Gasteiger partial charge in [0, 0.05) is 28.8 Å². The van der Waals surface area contributed by atoms with Crippen molar-refractivity contribution < 1.29 is 13.2 Å². The lowest BCUT2D eigenvalue weighted by Gasteiger charge is -2.13. The molecule has 0 saturated heterocycles. The van der Waals surface area contributed by atoms with Gasteiger partial charge in [-0.3, -0.25) is 9.52 Å². The highest BCUT2D eigenvalue weighted by molar-refractivity contribution is 7.92. The summed E-state index contributed by atoms with van der Waals surface area (Å²) in [6.45, 7) is 0.329. The number of carbonyl (C=O) groups is 1. The van der Waals surface area contributed by atoms with Crippen molar-refractivity contribution in [3.63, 3.8) is 0 Å². The van der Waals surface area contributed by atoms with Gasteiger partial charge in [0.25, 0.3) is 15.9 Å². The second-order valence-electron chi connectivity index (χ2n) is 7.76. The highest BCUT2D eigenvalue weighted by Crippen LogP contribution is 2.44. The number of hydrogen-bond acceptors (Lipinski definition) is 3. The van der Waals surface area contributed by atoms with Crippen LogP contribution in [0.5, 0.6) is 0 Å². The maximum absolute atomic E-state index is 13.1. The minimum absolute atomic E-state index is 0.129. The fourth-order valence-corrected chi connectivity index (χ4v) is 4.95. The Bertz CT molecular complexity index is 1350. The first-order valence-electron chi connectivity index (χ1n) is 10.2. The molecule has 2 N–H and O–H groups in total. The molecule has 1 saturated carbocycles. The van der Waals surface area contributed by atoms with E-state index in [0.29, 0.717) is 29.3 Å². The predicted molar refractivity (Wildman–Crippen MR) is 119 cm³/mol. The van der Waals surface area contributed by atoms with Gasteiger partial charge in [0.05, 0.1) is 10.6 Å². The smallest absolute Gasteiger partial charge is 0.261 e. The summed E-state index contributed by atoms with van der Waals surface area (Å²) in [5, 5.41) is 2.82. The zero-order chi connectivity index (χ0) is 21.4. The summed E-state index contributed by atoms with van der Waals surface area (Å²) < 4.78 is 28.8. The molecule has 0 radical (unpaired) electrons. The average Bonchev–Trinajstić information content (AvgIpc) is 3.55. The van der Waals surface area contributed by atoms with Crippen molar-refractivity contribution in [1.82, 2.24) is 5.32 Å². The fraction of sp³-hybridized carbons (Fsp3) is 0.160. The molecule has 1 heterocycles. The maximum atomic E-state index is 13.1. The van der Waals surface area contributed by atoms with Crippen molar-refractivity contribution in [1.29, 1.82) is 0 Å². The van der Waals surface area contributed by atoms with E-state index in [2.05, 4.69) is 21.9 Å². The lowest BCUT2D eigenvalue weighted by molar-refractivity contribution is 0.0965. The quantitative estimate of drug-likeness (QED) is 0.617. The van der Waals surface area contributed by atoms with Gasteiger partial charge in [-0.1, -0.05) is 42.2 Å². The van der Waals surface area contributed by atoms with E-state index in [1.54, 1.807) is 24.3 Å². The van der Waals surface area contributed by atoms with Gasteiger partial charge in [-0.2, -0.15) is 0 Å². The van der Waals surface area contributed by atoms with Crippen LogP contribution in [0.15, 0.2) is 71.6 Å². The van der Waals surface area contributed by atoms with E-state index in [9.17, 15) is 13.2 Å². The van der Waals surface area contributed by atoms with Crippen LogP contribution < -0.4 is 10.0 Å². The Balaban J connectivity index is 1.45. The molecular formula is C25H20N2O3S. The zero-order valence-corrected chi connectivity index (χ0v) is 17.5. The Morgan fingerprint density at radius 2 is 1.65 bits per heavy atom. The van der Waals surface area contributed by atoms with E-state index in [-0.39, 0.29) is 10.8 Å². The summed E-state index contributed by atoms with van der Waals surface area (Å²) >= 11 is 0. The monoisotopic (exact) mass is 428 g/mol. The summed E-state index contributed by atoms with van der Waals surface area (Å²) in [6.07, 6.45) is 2.14. The third-order valence-corrected chi connectivity index (χ3v) is 6.89. The maximum Gasteiger partial charge on any atom is 0.261 e. The van der Waals surface area contributed by atoms with Crippen LogP contribution in [0.25, 0.3) is 0 Å². The van der Waals surface area contributed by atoms with Gasteiger partial charge < -0.3 is 5.32 Å². The summed E-state index contributed by atoms with van der Waals surface area (Å²) in [5.41, 5.74) is 4.28. The Hall–Kier alpha value is -3.56. The van der Waals surface area contributed by atoms with E-state index in [1.807, 2.05) is 36.4 Å². The molecule has 5 nitrogen and oxygen atoms in total. The topological polar surface area (TPSA) is 75.3 Å². The number of hydrogen-bond donors (Lipinski definition) is 2. The van der Waals surface area contributed by atoms with E-state index in [4.69, 9.17) is 0 Å². The number of nitrogens with one attached hydrogen (secondary N) is 2. The number of anilines is 1. The van der Waals surface area contributed by atoms with Crippen molar-refractivity contribution in [2.45, 2.75) is 30.2 Å². The molecule has 1 amide bonds. The van der Waals surface area contributed by atoms with Crippen molar-refractivity contribution in [3.05, 3.63) is 94.5 Å². The molecule has 2 aliphatic rings. The Labute approximate surface area is 181 Å². The lowest BCUT2D eigenvalue weighted by Crippen LogP contribution is -2.15. The first-order chi connectivity index (χ1) is 15.0. The summed E-state index contributed by atoms with van der Waals surface area (Å²) in [4.78, 5) is 12.5. The van der Waals surface area contributed by atoms with Crippen molar-refractivity contribution >= 4 is 21.6 Å². The van der Waals surface area contributed by atoms with Crippen LogP contribution in [0.1, 0.15) is 51.4 Å². The van der Waals surface area contributed by atoms with Gasteiger partial charge in [-0.15, -0.1) is 0 Å². The molecule has 0 spiro atoms. The molecule has 3 aromatic rings. The summed E-state index contributed by atoms with van der Waals surface area (Å²) in [6, 6.07) is 19.7. The number of sulfonamides is 1. The SMILES string of the molecule is O=C1NCc2c(NS(=O)(=O)c3cccc(C#Cc4ccccc4)c3)ccc(C3CC3)c21. The molecule has 0 aromatic heterocycles. The van der Waals surface area contributed by atoms with E-state index in [1.165, 1.54) is 6.07 Å². The summed E-state index contributed by atoms with van der Waals surface area (Å²) in [7, 11) is -3.83. The third-order valence-electron chi connectivity index (χ3n) is 5.53. The van der Waals surface area contributed by atoms with Crippen LogP contribution in [-0.2, 0) is 16.6 Å². The molecule has 1 aliphatic carbocycles. The Kier molecular flexibility index (Phi) is 4.76. The van der Waals surface area contributed by atoms with E-state index >= 15 is 0 Å². The molecule has 5 rings (SSSR count). The molecule has 6 heteroatoms. The number of benzene rings is 3. The molecule has 0 unspecified atom stereocenters. The van der Waals surface area contributed by atoms with Crippen LogP contribution in [0.4, 0.5) is 5.69 Å². The van der Waals surface area contributed by atoms with E-state index < -0.39 is 10.0 Å². The lowest BCUT2D eigenvalue weighted by atomic mass is 9.98. The fourth-order valence-electron chi connectivity index (χ4n) is 3.82. The summed E-state index contributed by atoms with van der Waals surface area (Å²) in [5.74, 6) is 6.33. The number of carbonyl (C=O) groups excluding carboxylic acids is 1. The van der Waals surface area contributed by atoms with E-state index in [0.717, 1.165) is 29.5 Å². The first kappa shape index (κ1) is 19.4. The average molecular weight is 429 g/mol. The molecular weight excluding hydrogens is 408 g/mol. The second-order valence-corrected chi connectivity index (χ2v) is 9.44. The van der Waals surface area contributed by atoms with Gasteiger partial charge >= 0.3 is 0 Å². The molecule has 31 heavy (non-hydrogen) atoms. The van der Waals surface area contributed by atoms with Crippen molar-refractivity contribution in [2.75, 3.05) is 4.72 Å². The standard InChI is InChI=1S/C25H20N2O3S/c28-25-24-21(19-11-12-19)13-14-23(22(24)16-26-25)27-31(29,30)20-8-4-7-18(15-20)10-9-17-5-2-1-3-6-17/h1-8,13-15,19,27H,11-12,16H2,(H,26,28). The normalized spacial score (nSPS) is 14.9. The predicted octanol–water partition coefficient (Wildman–Crippen LogP) is 4.01. The van der Waals surface area contributed by atoms with Crippen LogP contribution >= 0.6 is 0 Å².